The molecule has 2 fully saturated rings. The molecule has 0 aromatic heterocycles. The molecule has 2 aromatic rings. The minimum absolute atomic E-state index is 0.110. The average Bonchev–Trinajstić information content (AvgIpc) is 3.08. The SMILES string of the molecule is CO[C@]1(C2SCCCS2)CCC[C@H](C)[C@@H](C)S(=O)(=O)NC(=O)c2ccc3c(c2)N(CCCCc2cc(Cl)ccc2CO3)C[C@@H]2CC[C@H]21. The van der Waals surface area contributed by atoms with Crippen molar-refractivity contribution in [3.63, 3.8) is 0 Å². The first kappa shape index (κ1) is 35.2. The number of carbonyl (C=O) groups excluding carboxylic acids is 1. The van der Waals surface area contributed by atoms with Gasteiger partial charge in [0.25, 0.3) is 5.91 Å². The van der Waals surface area contributed by atoms with Crippen LogP contribution in [-0.4, -0.2) is 61.5 Å². The van der Waals surface area contributed by atoms with Crippen LogP contribution >= 0.6 is 35.1 Å². The zero-order valence-corrected chi connectivity index (χ0v) is 31.0. The molecule has 1 aliphatic carbocycles. The summed E-state index contributed by atoms with van der Waals surface area (Å²) in [6, 6.07) is 11.3. The number of carbonyl (C=O) groups is 1. The predicted octanol–water partition coefficient (Wildman–Crippen LogP) is 7.94. The molecule has 1 saturated heterocycles. The molecule has 1 N–H and O–H groups in total. The van der Waals surface area contributed by atoms with Gasteiger partial charge in [-0.3, -0.25) is 4.79 Å². The van der Waals surface area contributed by atoms with E-state index in [0.29, 0.717) is 34.3 Å². The second-order valence-corrected chi connectivity index (χ2v) is 19.1. The van der Waals surface area contributed by atoms with Gasteiger partial charge in [-0.2, -0.15) is 0 Å². The summed E-state index contributed by atoms with van der Waals surface area (Å²) < 4.78 is 43.0. The Morgan fingerprint density at radius 3 is 2.55 bits per heavy atom. The largest absolute Gasteiger partial charge is 0.487 e. The number of methoxy groups -OCH3 is 1. The number of fused-ring (bicyclic) bond motifs is 3. The van der Waals surface area contributed by atoms with Crippen LogP contribution in [0.3, 0.4) is 0 Å². The fraction of sp³-hybridized carbons (Fsp3) is 0.639. The highest BCUT2D eigenvalue weighted by Gasteiger charge is 2.53. The summed E-state index contributed by atoms with van der Waals surface area (Å²) in [5.74, 6) is 3.13. The Balaban J connectivity index is 1.41. The molecule has 6 rings (SSSR count). The number of sulfonamides is 1. The van der Waals surface area contributed by atoms with Crippen molar-refractivity contribution in [1.82, 2.24) is 4.72 Å². The first-order valence-electron chi connectivity index (χ1n) is 17.2. The van der Waals surface area contributed by atoms with Gasteiger partial charge in [-0.15, -0.1) is 23.5 Å². The van der Waals surface area contributed by atoms with Gasteiger partial charge in [-0.05, 0) is 129 Å². The first-order chi connectivity index (χ1) is 22.6. The molecule has 47 heavy (non-hydrogen) atoms. The molecule has 1 saturated carbocycles. The average molecular weight is 721 g/mol. The molecule has 1 amide bonds. The highest BCUT2D eigenvalue weighted by atomic mass is 35.5. The number of hydrogen-bond donors (Lipinski definition) is 1. The highest BCUT2D eigenvalue weighted by molar-refractivity contribution is 8.17. The second-order valence-electron chi connectivity index (χ2n) is 13.9. The van der Waals surface area contributed by atoms with Gasteiger partial charge in [0.1, 0.15) is 12.4 Å². The Kier molecular flexibility index (Phi) is 11.3. The van der Waals surface area contributed by atoms with Gasteiger partial charge in [-0.25, -0.2) is 13.1 Å². The minimum atomic E-state index is -3.89. The van der Waals surface area contributed by atoms with Gasteiger partial charge in [0.05, 0.1) is 21.1 Å². The number of anilines is 1. The molecule has 258 valence electrons. The highest BCUT2D eigenvalue weighted by Crippen LogP contribution is 2.54. The molecule has 4 aliphatic rings. The molecule has 0 spiro atoms. The predicted molar refractivity (Wildman–Crippen MR) is 196 cm³/mol. The van der Waals surface area contributed by atoms with E-state index < -0.39 is 21.2 Å². The smallest absolute Gasteiger partial charge is 0.264 e. The van der Waals surface area contributed by atoms with E-state index >= 15 is 0 Å². The van der Waals surface area contributed by atoms with Gasteiger partial charge in [0.15, 0.2) is 0 Å². The lowest BCUT2D eigenvalue weighted by Gasteiger charge is -2.54. The van der Waals surface area contributed by atoms with Crippen molar-refractivity contribution >= 4 is 56.7 Å². The number of aryl methyl sites for hydroxylation is 1. The van der Waals surface area contributed by atoms with Gasteiger partial charge in [-0.1, -0.05) is 31.0 Å². The van der Waals surface area contributed by atoms with Crippen LogP contribution in [0.5, 0.6) is 5.75 Å². The van der Waals surface area contributed by atoms with E-state index in [9.17, 15) is 13.2 Å². The van der Waals surface area contributed by atoms with E-state index in [1.165, 1.54) is 12.0 Å². The number of nitrogens with one attached hydrogen (secondary N) is 1. The normalized spacial score (nSPS) is 30.8. The van der Waals surface area contributed by atoms with Crippen LogP contribution in [0.25, 0.3) is 0 Å². The number of amides is 1. The standard InChI is InChI=1S/C36H49ClN2O5S3/c1-24-8-6-16-36(43-3,35-45-18-7-19-46-35)31-14-11-28(31)22-39-17-5-4-9-26-20-30(37)13-10-29(26)23-44-33-15-12-27(21-32(33)39)34(40)38-47(41,42)25(24)2/h10,12-13,15,20-21,24-25,28,31,35H,4-9,11,14,16-19,22-23H2,1-3H3,(H,38,40)/t24-,25+,28-,31+,36+/m0/s1. The molecule has 3 aliphatic heterocycles. The fourth-order valence-corrected chi connectivity index (χ4v) is 13.0. The molecular formula is C36H49ClN2O5S3. The summed E-state index contributed by atoms with van der Waals surface area (Å²) in [7, 11) is -1.99. The van der Waals surface area contributed by atoms with Crippen LogP contribution in [-0.2, 0) is 27.8 Å². The topological polar surface area (TPSA) is 84.9 Å². The summed E-state index contributed by atoms with van der Waals surface area (Å²) in [6.45, 7) is 5.74. The third kappa shape index (κ3) is 7.62. The zero-order chi connectivity index (χ0) is 33.2. The quantitative estimate of drug-likeness (QED) is 0.335. The molecule has 5 atom stereocenters. The van der Waals surface area contributed by atoms with Crippen LogP contribution in [0.4, 0.5) is 5.69 Å². The molecule has 0 radical (unpaired) electrons. The molecule has 7 nitrogen and oxygen atoms in total. The van der Waals surface area contributed by atoms with Crippen LogP contribution in [0.1, 0.15) is 86.7 Å². The van der Waals surface area contributed by atoms with E-state index in [2.05, 4.69) is 9.62 Å². The van der Waals surface area contributed by atoms with Gasteiger partial charge < -0.3 is 14.4 Å². The number of halogens is 1. The van der Waals surface area contributed by atoms with E-state index in [-0.39, 0.29) is 11.5 Å². The number of nitrogens with zero attached hydrogens (tertiary/aromatic N) is 1. The van der Waals surface area contributed by atoms with E-state index in [1.54, 1.807) is 13.0 Å². The number of thioether (sulfide) groups is 2. The van der Waals surface area contributed by atoms with Gasteiger partial charge >= 0.3 is 0 Å². The second kappa shape index (κ2) is 15.1. The number of hydrogen-bond acceptors (Lipinski definition) is 8. The maximum Gasteiger partial charge on any atom is 0.264 e. The Morgan fingerprint density at radius 2 is 1.81 bits per heavy atom. The molecule has 3 heterocycles. The third-order valence-corrected chi connectivity index (χ3v) is 16.5. The van der Waals surface area contributed by atoms with Crippen LogP contribution in [0, 0.1) is 17.8 Å². The van der Waals surface area contributed by atoms with Crippen molar-refractivity contribution < 1.29 is 22.7 Å². The van der Waals surface area contributed by atoms with Crippen LogP contribution in [0.2, 0.25) is 5.02 Å². The fourth-order valence-electron chi connectivity index (χ4n) is 7.91. The van der Waals surface area contributed by atoms with E-state index in [0.717, 1.165) is 92.2 Å². The summed E-state index contributed by atoms with van der Waals surface area (Å²) in [5, 5.41) is 0.0193. The lowest BCUT2D eigenvalue weighted by molar-refractivity contribution is -0.104. The number of ether oxygens (including phenoxy) is 2. The van der Waals surface area contributed by atoms with E-state index in [4.69, 9.17) is 21.1 Å². The van der Waals surface area contributed by atoms with Crippen molar-refractivity contribution in [2.75, 3.05) is 36.6 Å². The molecule has 0 unspecified atom stereocenters. The number of rotatable bonds is 2. The Hall–Kier alpha value is -1.59. The number of benzene rings is 2. The monoisotopic (exact) mass is 720 g/mol. The van der Waals surface area contributed by atoms with Gasteiger partial charge in [0.2, 0.25) is 10.0 Å². The van der Waals surface area contributed by atoms with Crippen molar-refractivity contribution in [3.8, 4) is 5.75 Å². The maximum absolute atomic E-state index is 13.5. The van der Waals surface area contributed by atoms with E-state index in [1.807, 2.05) is 67.9 Å². The Labute approximate surface area is 294 Å². The summed E-state index contributed by atoms with van der Waals surface area (Å²) in [4.78, 5) is 15.9. The maximum atomic E-state index is 13.5. The lowest BCUT2D eigenvalue weighted by Crippen LogP contribution is -2.57. The Bertz CT molecular complexity index is 1530. The summed E-state index contributed by atoms with van der Waals surface area (Å²) in [5.41, 5.74) is 3.19. The van der Waals surface area contributed by atoms with Crippen LogP contribution in [0.15, 0.2) is 36.4 Å². The van der Waals surface area contributed by atoms with Crippen molar-refractivity contribution in [2.45, 2.75) is 93.7 Å². The van der Waals surface area contributed by atoms with Crippen molar-refractivity contribution in [3.05, 3.63) is 58.1 Å². The van der Waals surface area contributed by atoms with Crippen LogP contribution < -0.4 is 14.4 Å². The van der Waals surface area contributed by atoms with Crippen molar-refractivity contribution in [1.29, 1.82) is 0 Å². The minimum Gasteiger partial charge on any atom is -0.487 e. The first-order valence-corrected chi connectivity index (χ1v) is 21.3. The molecule has 11 heteroatoms. The van der Waals surface area contributed by atoms with Gasteiger partial charge in [0, 0.05) is 30.8 Å². The zero-order valence-electron chi connectivity index (χ0n) is 27.8. The third-order valence-electron chi connectivity index (χ3n) is 11.1. The lowest BCUT2D eigenvalue weighted by atomic mass is 9.63. The Morgan fingerprint density at radius 1 is 1.00 bits per heavy atom. The summed E-state index contributed by atoms with van der Waals surface area (Å²) >= 11 is 10.5. The molecular weight excluding hydrogens is 672 g/mol. The van der Waals surface area contributed by atoms with Crippen molar-refractivity contribution in [2.24, 2.45) is 17.8 Å². The molecule has 2 bridgehead atoms. The molecule has 2 aromatic carbocycles. The summed E-state index contributed by atoms with van der Waals surface area (Å²) in [6.07, 6.45) is 8.93.